The van der Waals surface area contributed by atoms with Crippen molar-refractivity contribution in [3.63, 3.8) is 0 Å². The molecule has 0 saturated carbocycles. The molecule has 0 aromatic heterocycles. The highest BCUT2D eigenvalue weighted by Crippen LogP contribution is 2.47. The molecule has 206 valence electrons. The standard InChI is InChI=1S/C19H24N2S.C14H10O4/c1-4-20(5-2)15(3)14-21-16-10-6-8-12-18(16)22-19-13-9-7-11-17(19)21;15-10-7-5-9(6-8-10)13(16)11-3-1-2-4-12(11)14(17)18/h6-13,15H,4-5,14H2,1-3H3;1-8,15H,(H,17,18). The summed E-state index contributed by atoms with van der Waals surface area (Å²) in [6, 6.07) is 29.7. The van der Waals surface area contributed by atoms with Gasteiger partial charge in [-0.2, -0.15) is 0 Å². The number of nitrogens with zero attached hydrogens (tertiary/aromatic N) is 2. The summed E-state index contributed by atoms with van der Waals surface area (Å²) in [5.41, 5.74) is 3.11. The molecule has 1 heterocycles. The number of fused-ring (bicyclic) bond motifs is 2. The largest absolute Gasteiger partial charge is 0.508 e. The van der Waals surface area contributed by atoms with E-state index in [0.717, 1.165) is 19.6 Å². The van der Waals surface area contributed by atoms with Crippen molar-refractivity contribution in [3.8, 4) is 5.75 Å². The van der Waals surface area contributed by atoms with Crippen molar-refractivity contribution < 1.29 is 19.8 Å². The molecule has 0 bridgehead atoms. The molecule has 1 unspecified atom stereocenters. The molecule has 40 heavy (non-hydrogen) atoms. The number of ketones is 1. The third-order valence-electron chi connectivity index (χ3n) is 6.95. The number of carbonyl (C=O) groups is 2. The Balaban J connectivity index is 0.000000189. The molecule has 1 aliphatic rings. The van der Waals surface area contributed by atoms with Crippen LogP contribution in [0.15, 0.2) is 107 Å². The second-order valence-corrected chi connectivity index (χ2v) is 10.5. The highest BCUT2D eigenvalue weighted by molar-refractivity contribution is 7.99. The van der Waals surface area contributed by atoms with Crippen LogP contribution in [0.5, 0.6) is 5.75 Å². The number of hydrogen-bond donors (Lipinski definition) is 2. The SMILES string of the molecule is CCN(CC)C(C)CN1c2ccccc2Sc2ccccc21.O=C(O)c1ccccc1C(=O)c1ccc(O)cc1. The first kappa shape index (κ1) is 28.9. The number of carboxylic acids is 1. The van der Waals surface area contributed by atoms with Crippen LogP contribution in [0.4, 0.5) is 11.4 Å². The van der Waals surface area contributed by atoms with E-state index >= 15 is 0 Å². The Bertz CT molecular complexity index is 1420. The van der Waals surface area contributed by atoms with E-state index < -0.39 is 5.97 Å². The van der Waals surface area contributed by atoms with Crippen molar-refractivity contribution >= 4 is 34.9 Å². The van der Waals surface area contributed by atoms with E-state index in [1.807, 2.05) is 11.8 Å². The van der Waals surface area contributed by atoms with Crippen molar-refractivity contribution in [3.05, 3.63) is 114 Å². The van der Waals surface area contributed by atoms with E-state index in [1.54, 1.807) is 12.1 Å². The van der Waals surface area contributed by atoms with Gasteiger partial charge in [-0.3, -0.25) is 9.69 Å². The lowest BCUT2D eigenvalue weighted by molar-refractivity contribution is 0.0692. The molecule has 0 saturated heterocycles. The van der Waals surface area contributed by atoms with Gasteiger partial charge in [0.2, 0.25) is 0 Å². The molecule has 4 aromatic rings. The Hall–Kier alpha value is -4.07. The Kier molecular flexibility index (Phi) is 9.64. The van der Waals surface area contributed by atoms with Crippen LogP contribution in [-0.4, -0.2) is 52.5 Å². The molecule has 7 heteroatoms. The van der Waals surface area contributed by atoms with Gasteiger partial charge in [-0.05, 0) is 74.6 Å². The van der Waals surface area contributed by atoms with Gasteiger partial charge in [0, 0.05) is 33.5 Å². The zero-order valence-corrected chi connectivity index (χ0v) is 23.8. The number of aromatic carboxylic acids is 1. The average Bonchev–Trinajstić information content (AvgIpc) is 2.98. The van der Waals surface area contributed by atoms with E-state index in [9.17, 15) is 9.59 Å². The molecule has 5 rings (SSSR count). The van der Waals surface area contributed by atoms with Crippen LogP contribution in [-0.2, 0) is 0 Å². The molecule has 0 amide bonds. The lowest BCUT2D eigenvalue weighted by Gasteiger charge is -2.37. The number of likely N-dealkylation sites (N-methyl/N-ethyl adjacent to an activating group) is 1. The van der Waals surface area contributed by atoms with Gasteiger partial charge in [0.05, 0.1) is 16.9 Å². The van der Waals surface area contributed by atoms with Crippen molar-refractivity contribution in [1.82, 2.24) is 4.90 Å². The van der Waals surface area contributed by atoms with E-state index in [4.69, 9.17) is 10.2 Å². The van der Waals surface area contributed by atoms with E-state index in [2.05, 4.69) is 79.1 Å². The number of phenols is 1. The molecule has 1 atom stereocenters. The molecular weight excluding hydrogens is 520 g/mol. The summed E-state index contributed by atoms with van der Waals surface area (Å²) in [5.74, 6) is -1.47. The quantitative estimate of drug-likeness (QED) is 0.221. The van der Waals surface area contributed by atoms with Gasteiger partial charge in [0.15, 0.2) is 5.78 Å². The molecule has 6 nitrogen and oxygen atoms in total. The Morgan fingerprint density at radius 2 is 1.27 bits per heavy atom. The second kappa shape index (κ2) is 13.3. The summed E-state index contributed by atoms with van der Waals surface area (Å²) in [4.78, 5) is 30.9. The highest BCUT2D eigenvalue weighted by atomic mass is 32.2. The third kappa shape index (κ3) is 6.55. The van der Waals surface area contributed by atoms with Gasteiger partial charge in [-0.1, -0.05) is 68.1 Å². The second-order valence-electron chi connectivity index (χ2n) is 9.45. The molecule has 0 fully saturated rings. The number of benzene rings is 4. The summed E-state index contributed by atoms with van der Waals surface area (Å²) in [7, 11) is 0. The number of carbonyl (C=O) groups excluding carboxylic acids is 1. The summed E-state index contributed by atoms with van der Waals surface area (Å²) >= 11 is 1.88. The van der Waals surface area contributed by atoms with Crippen LogP contribution in [0.2, 0.25) is 0 Å². The third-order valence-corrected chi connectivity index (χ3v) is 8.08. The van der Waals surface area contributed by atoms with Crippen molar-refractivity contribution in [2.45, 2.75) is 36.6 Å². The van der Waals surface area contributed by atoms with Crippen LogP contribution < -0.4 is 4.90 Å². The predicted octanol–water partition coefficient (Wildman–Crippen LogP) is 7.34. The van der Waals surface area contributed by atoms with Crippen LogP contribution in [0, 0.1) is 0 Å². The lowest BCUT2D eigenvalue weighted by Crippen LogP contribution is -2.41. The summed E-state index contributed by atoms with van der Waals surface area (Å²) in [5, 5.41) is 18.2. The number of carboxylic acid groups (broad SMARTS) is 1. The van der Waals surface area contributed by atoms with E-state index in [1.165, 1.54) is 57.6 Å². The predicted molar refractivity (Wildman–Crippen MR) is 161 cm³/mol. The zero-order chi connectivity index (χ0) is 28.6. The van der Waals surface area contributed by atoms with Gasteiger partial charge in [-0.25, -0.2) is 4.79 Å². The zero-order valence-electron chi connectivity index (χ0n) is 22.9. The van der Waals surface area contributed by atoms with Crippen molar-refractivity contribution in [2.24, 2.45) is 0 Å². The number of aromatic hydroxyl groups is 1. The fourth-order valence-corrected chi connectivity index (χ4v) is 5.94. The summed E-state index contributed by atoms with van der Waals surface area (Å²) < 4.78 is 0. The van der Waals surface area contributed by atoms with Gasteiger partial charge in [0.1, 0.15) is 5.75 Å². The van der Waals surface area contributed by atoms with Crippen LogP contribution in [0.1, 0.15) is 47.1 Å². The number of hydrogen-bond acceptors (Lipinski definition) is 6. The fourth-order valence-electron chi connectivity index (χ4n) is 4.84. The van der Waals surface area contributed by atoms with Gasteiger partial charge >= 0.3 is 5.97 Å². The molecule has 0 aliphatic carbocycles. The Morgan fingerprint density at radius 1 is 0.775 bits per heavy atom. The topological polar surface area (TPSA) is 81.1 Å². The number of para-hydroxylation sites is 2. The minimum absolute atomic E-state index is 0.0319. The summed E-state index contributed by atoms with van der Waals surface area (Å²) in [6.07, 6.45) is 0. The van der Waals surface area contributed by atoms with Gasteiger partial charge < -0.3 is 15.1 Å². The molecular formula is C33H34N2O4S. The molecule has 0 radical (unpaired) electrons. The number of anilines is 2. The average molecular weight is 555 g/mol. The molecule has 1 aliphatic heterocycles. The van der Waals surface area contributed by atoms with Gasteiger partial charge in [0.25, 0.3) is 0 Å². The highest BCUT2D eigenvalue weighted by Gasteiger charge is 2.25. The van der Waals surface area contributed by atoms with Crippen LogP contribution in [0.25, 0.3) is 0 Å². The minimum Gasteiger partial charge on any atom is -0.508 e. The fraction of sp³-hybridized carbons (Fsp3) is 0.212. The maximum absolute atomic E-state index is 12.1. The maximum atomic E-state index is 12.1. The normalized spacial score (nSPS) is 12.6. The minimum atomic E-state index is -1.14. The van der Waals surface area contributed by atoms with Gasteiger partial charge in [-0.15, -0.1) is 0 Å². The monoisotopic (exact) mass is 554 g/mol. The first-order valence-electron chi connectivity index (χ1n) is 13.4. The van der Waals surface area contributed by atoms with Crippen LogP contribution >= 0.6 is 11.8 Å². The van der Waals surface area contributed by atoms with Crippen LogP contribution in [0.3, 0.4) is 0 Å². The molecule has 0 spiro atoms. The summed E-state index contributed by atoms with van der Waals surface area (Å²) in [6.45, 7) is 10.0. The van der Waals surface area contributed by atoms with Crippen molar-refractivity contribution in [1.29, 1.82) is 0 Å². The first-order chi connectivity index (χ1) is 19.3. The molecule has 4 aromatic carbocycles. The Labute approximate surface area is 239 Å². The molecule has 2 N–H and O–H groups in total. The Morgan fingerprint density at radius 3 is 1.80 bits per heavy atom. The van der Waals surface area contributed by atoms with E-state index in [0.29, 0.717) is 11.6 Å². The van der Waals surface area contributed by atoms with Crippen molar-refractivity contribution in [2.75, 3.05) is 24.5 Å². The number of phenolic OH excluding ortho intramolecular Hbond substituents is 1. The lowest BCUT2D eigenvalue weighted by atomic mass is 9.98. The number of rotatable bonds is 8. The van der Waals surface area contributed by atoms with E-state index in [-0.39, 0.29) is 22.7 Å². The smallest absolute Gasteiger partial charge is 0.336 e. The first-order valence-corrected chi connectivity index (χ1v) is 14.2. The maximum Gasteiger partial charge on any atom is 0.336 e.